The van der Waals surface area contributed by atoms with Crippen molar-refractivity contribution in [1.29, 1.82) is 0 Å². The second kappa shape index (κ2) is 11.0. The Bertz CT molecular complexity index is 1390. The summed E-state index contributed by atoms with van der Waals surface area (Å²) in [6, 6.07) is 15.7. The number of fused-ring (bicyclic) bond motifs is 1. The van der Waals surface area contributed by atoms with Gasteiger partial charge in [-0.15, -0.1) is 0 Å². The molecule has 196 valence electrons. The van der Waals surface area contributed by atoms with Crippen LogP contribution in [0.5, 0.6) is 5.75 Å². The molecule has 2 N–H and O–H groups in total. The summed E-state index contributed by atoms with van der Waals surface area (Å²) in [5, 5.41) is 16.0. The number of benzene rings is 2. The topological polar surface area (TPSA) is 90.6 Å². The first-order valence-electron chi connectivity index (χ1n) is 13.2. The Morgan fingerprint density at radius 1 is 1.08 bits per heavy atom. The maximum atomic E-state index is 13.4. The van der Waals surface area contributed by atoms with Crippen molar-refractivity contribution in [2.24, 2.45) is 0 Å². The summed E-state index contributed by atoms with van der Waals surface area (Å²) >= 11 is 1.65. The lowest BCUT2D eigenvalue weighted by Gasteiger charge is -2.29. The molecule has 2 amide bonds. The number of H-pyrrole nitrogens is 1. The van der Waals surface area contributed by atoms with Crippen molar-refractivity contribution in [3.05, 3.63) is 70.4 Å². The number of piperidine rings is 1. The number of rotatable bonds is 8. The van der Waals surface area contributed by atoms with Crippen molar-refractivity contribution < 1.29 is 14.3 Å². The van der Waals surface area contributed by atoms with Gasteiger partial charge in [0.1, 0.15) is 18.0 Å². The number of hydrogen-bond acceptors (Lipinski definition) is 6. The molecule has 2 aromatic heterocycles. The Labute approximate surface area is 225 Å². The fourth-order valence-electron chi connectivity index (χ4n) is 5.38. The Morgan fingerprint density at radius 2 is 1.87 bits per heavy atom. The standard InChI is InChI=1S/C29H31N5O3S/c35-19-33-14-9-24(10-15-33)37-23-6-3-20(4-7-23)27-25-17-21(5-8-26(25)31-32-27)29(36)30-28(22-11-16-38-18-22)34-12-1-2-13-34/h3-8,11,16-19,24,28H,1-2,9-10,12-15H2,(H,30,36)(H,31,32). The molecule has 1 atom stereocenters. The molecular weight excluding hydrogens is 498 g/mol. The van der Waals surface area contributed by atoms with Gasteiger partial charge in [0.15, 0.2) is 0 Å². The monoisotopic (exact) mass is 529 g/mol. The van der Waals surface area contributed by atoms with Crippen LogP contribution in [-0.4, -0.2) is 64.6 Å². The number of likely N-dealkylation sites (tertiary alicyclic amines) is 2. The van der Waals surface area contributed by atoms with Crippen LogP contribution in [0.2, 0.25) is 0 Å². The molecule has 6 rings (SSSR count). The summed E-state index contributed by atoms with van der Waals surface area (Å²) in [4.78, 5) is 28.4. The van der Waals surface area contributed by atoms with Crippen LogP contribution in [0.25, 0.3) is 22.2 Å². The van der Waals surface area contributed by atoms with E-state index in [1.807, 2.05) is 42.5 Å². The third-order valence-electron chi connectivity index (χ3n) is 7.51. The second-order valence-corrected chi connectivity index (χ2v) is 10.8. The smallest absolute Gasteiger partial charge is 0.252 e. The van der Waals surface area contributed by atoms with Crippen LogP contribution in [-0.2, 0) is 4.79 Å². The number of ether oxygens (including phenoxy) is 1. The predicted octanol–water partition coefficient (Wildman–Crippen LogP) is 4.82. The highest BCUT2D eigenvalue weighted by atomic mass is 32.1. The minimum atomic E-state index is -0.117. The van der Waals surface area contributed by atoms with E-state index in [2.05, 4.69) is 37.2 Å². The molecule has 1 unspecified atom stereocenters. The largest absolute Gasteiger partial charge is 0.490 e. The first kappa shape index (κ1) is 24.6. The van der Waals surface area contributed by atoms with Gasteiger partial charge >= 0.3 is 0 Å². The van der Waals surface area contributed by atoms with E-state index in [0.29, 0.717) is 5.56 Å². The quantitative estimate of drug-likeness (QED) is 0.320. The Kier molecular flexibility index (Phi) is 7.11. The lowest BCUT2D eigenvalue weighted by Crippen LogP contribution is -2.39. The van der Waals surface area contributed by atoms with Crippen molar-refractivity contribution in [2.75, 3.05) is 26.2 Å². The Morgan fingerprint density at radius 3 is 2.58 bits per heavy atom. The molecular formula is C29H31N5O3S. The number of hydrogen-bond donors (Lipinski definition) is 2. The molecule has 2 saturated heterocycles. The van der Waals surface area contributed by atoms with Crippen molar-refractivity contribution in [2.45, 2.75) is 38.0 Å². The van der Waals surface area contributed by atoms with Gasteiger partial charge in [0.05, 0.1) is 11.2 Å². The number of nitrogens with one attached hydrogen (secondary N) is 2. The molecule has 2 fully saturated rings. The van der Waals surface area contributed by atoms with E-state index in [1.54, 1.807) is 16.2 Å². The zero-order valence-corrected chi connectivity index (χ0v) is 22.0. The second-order valence-electron chi connectivity index (χ2n) is 9.99. The Balaban J connectivity index is 1.19. The molecule has 2 aromatic carbocycles. The fraction of sp³-hybridized carbons (Fsp3) is 0.345. The first-order chi connectivity index (χ1) is 18.7. The van der Waals surface area contributed by atoms with Crippen molar-refractivity contribution in [3.63, 3.8) is 0 Å². The SMILES string of the molecule is O=CN1CCC(Oc2ccc(-c3n[nH]c4ccc(C(=O)NC(c5ccsc5)N5CCCC5)cc34)cc2)CC1. The van der Waals surface area contributed by atoms with Crippen molar-refractivity contribution >= 4 is 34.6 Å². The van der Waals surface area contributed by atoms with Gasteiger partial charge in [0.2, 0.25) is 6.41 Å². The molecule has 38 heavy (non-hydrogen) atoms. The van der Waals surface area contributed by atoms with Crippen LogP contribution in [0.3, 0.4) is 0 Å². The molecule has 0 bridgehead atoms. The van der Waals surface area contributed by atoms with Gasteiger partial charge in [-0.25, -0.2) is 0 Å². The van der Waals surface area contributed by atoms with Crippen molar-refractivity contribution in [3.8, 4) is 17.0 Å². The molecule has 8 nitrogen and oxygen atoms in total. The van der Waals surface area contributed by atoms with E-state index in [-0.39, 0.29) is 18.2 Å². The maximum absolute atomic E-state index is 13.4. The summed E-state index contributed by atoms with van der Waals surface area (Å²) in [5.74, 6) is 0.714. The predicted molar refractivity (Wildman–Crippen MR) is 148 cm³/mol. The lowest BCUT2D eigenvalue weighted by atomic mass is 10.0. The third-order valence-corrected chi connectivity index (χ3v) is 8.22. The van der Waals surface area contributed by atoms with Gasteiger partial charge in [-0.05, 0) is 77.7 Å². The molecule has 0 spiro atoms. The average Bonchev–Trinajstić information content (AvgIpc) is 3.75. The van der Waals surface area contributed by atoms with Gasteiger partial charge < -0.3 is 15.0 Å². The normalized spacial score (nSPS) is 17.5. The number of amides is 2. The molecule has 0 radical (unpaired) electrons. The maximum Gasteiger partial charge on any atom is 0.252 e. The number of carbonyl (C=O) groups is 2. The average molecular weight is 530 g/mol. The minimum absolute atomic E-state index is 0.0912. The van der Waals surface area contributed by atoms with Crippen LogP contribution in [0.15, 0.2) is 59.3 Å². The highest BCUT2D eigenvalue weighted by molar-refractivity contribution is 7.08. The van der Waals surface area contributed by atoms with Crippen LogP contribution in [0, 0.1) is 0 Å². The first-order valence-corrected chi connectivity index (χ1v) is 14.1. The zero-order chi connectivity index (χ0) is 25.9. The molecule has 4 heterocycles. The highest BCUT2D eigenvalue weighted by Gasteiger charge is 2.26. The molecule has 9 heteroatoms. The summed E-state index contributed by atoms with van der Waals surface area (Å²) in [6.45, 7) is 3.44. The van der Waals surface area contributed by atoms with Gasteiger partial charge in [-0.3, -0.25) is 19.6 Å². The number of nitrogens with zero attached hydrogens (tertiary/aromatic N) is 3. The van der Waals surface area contributed by atoms with E-state index in [4.69, 9.17) is 4.74 Å². The van der Waals surface area contributed by atoms with Crippen LogP contribution in [0.4, 0.5) is 0 Å². The minimum Gasteiger partial charge on any atom is -0.490 e. The van der Waals surface area contributed by atoms with Crippen LogP contribution >= 0.6 is 11.3 Å². The van der Waals surface area contributed by atoms with Gasteiger partial charge in [-0.2, -0.15) is 16.4 Å². The molecule has 0 aliphatic carbocycles. The van der Waals surface area contributed by atoms with Crippen LogP contribution in [0.1, 0.15) is 47.8 Å². The number of aromatic amines is 1. The number of thiophene rings is 1. The van der Waals surface area contributed by atoms with E-state index in [0.717, 1.165) is 91.7 Å². The zero-order valence-electron chi connectivity index (χ0n) is 21.1. The number of aromatic nitrogens is 2. The van der Waals surface area contributed by atoms with Gasteiger partial charge in [0.25, 0.3) is 5.91 Å². The summed E-state index contributed by atoms with van der Waals surface area (Å²) in [7, 11) is 0. The third kappa shape index (κ3) is 5.16. The summed E-state index contributed by atoms with van der Waals surface area (Å²) in [5.41, 5.74) is 4.38. The van der Waals surface area contributed by atoms with Gasteiger partial charge in [-0.1, -0.05) is 0 Å². The summed E-state index contributed by atoms with van der Waals surface area (Å²) in [6.07, 6.45) is 4.88. The molecule has 2 aliphatic rings. The Hall–Kier alpha value is -3.69. The lowest BCUT2D eigenvalue weighted by molar-refractivity contribution is -0.119. The summed E-state index contributed by atoms with van der Waals surface area (Å²) < 4.78 is 6.14. The van der Waals surface area contributed by atoms with E-state index < -0.39 is 0 Å². The van der Waals surface area contributed by atoms with E-state index in [9.17, 15) is 9.59 Å². The molecule has 0 saturated carbocycles. The van der Waals surface area contributed by atoms with Gasteiger partial charge in [0, 0.05) is 55.5 Å². The molecule has 4 aromatic rings. The van der Waals surface area contributed by atoms with E-state index >= 15 is 0 Å². The van der Waals surface area contributed by atoms with Crippen LogP contribution < -0.4 is 10.1 Å². The van der Waals surface area contributed by atoms with Crippen molar-refractivity contribution in [1.82, 2.24) is 25.3 Å². The fourth-order valence-corrected chi connectivity index (χ4v) is 6.06. The molecule has 2 aliphatic heterocycles. The highest BCUT2D eigenvalue weighted by Crippen LogP contribution is 2.30. The van der Waals surface area contributed by atoms with E-state index in [1.165, 1.54) is 0 Å². The number of carbonyl (C=O) groups excluding carboxylic acids is 2.